The topological polar surface area (TPSA) is 135 Å². The molecule has 1 rings (SSSR count). The standard InChI is InChI=1S/C9H11BrN2O8S2.2Na/c1-2-5-7(16-6(13)3-4-10)12-9(22-20-18-15)8(11-5)21-19-17-14;;/h14-15H,2-4H2,1H3;;/q;2*+1/p-2. The molecule has 1 aromatic heterocycles. The Bertz CT molecular complexity index is 505. The summed E-state index contributed by atoms with van der Waals surface area (Å²) in [5, 5.41) is 26.7. The van der Waals surface area contributed by atoms with Gasteiger partial charge in [-0.05, 0) is 6.42 Å². The molecule has 0 amide bonds. The zero-order valence-corrected chi connectivity index (χ0v) is 20.2. The molecule has 1 heterocycles. The van der Waals surface area contributed by atoms with Crippen molar-refractivity contribution < 1.29 is 97.9 Å². The van der Waals surface area contributed by atoms with Crippen LogP contribution in [0.1, 0.15) is 19.0 Å². The van der Waals surface area contributed by atoms with E-state index in [0.717, 1.165) is 0 Å². The number of aryl methyl sites for hydroxylation is 1. The third-order valence-corrected chi connectivity index (χ3v) is 3.65. The van der Waals surface area contributed by atoms with Gasteiger partial charge in [-0.2, -0.15) is 13.7 Å². The first-order chi connectivity index (χ1) is 10.7. The minimum absolute atomic E-state index is 0. The molecule has 0 saturated carbocycles. The average Bonchev–Trinajstić information content (AvgIpc) is 2.51. The number of carbonyl (C=O) groups is 1. The Morgan fingerprint density at radius 2 is 1.67 bits per heavy atom. The van der Waals surface area contributed by atoms with E-state index in [0.29, 0.717) is 41.5 Å². The largest absolute Gasteiger partial charge is 1.00 e. The fourth-order valence-corrected chi connectivity index (χ4v) is 2.39. The molecule has 0 aliphatic rings. The summed E-state index contributed by atoms with van der Waals surface area (Å²) in [6.07, 6.45) is 0.524. The van der Waals surface area contributed by atoms with Gasteiger partial charge in [0, 0.05) is 5.33 Å². The third-order valence-electron chi connectivity index (χ3n) is 1.99. The predicted molar refractivity (Wildman–Crippen MR) is 71.5 cm³/mol. The quantitative estimate of drug-likeness (QED) is 0.0817. The molecule has 0 N–H and O–H groups in total. The van der Waals surface area contributed by atoms with Crippen LogP contribution in [0.15, 0.2) is 10.1 Å². The summed E-state index contributed by atoms with van der Waals surface area (Å²) in [6.45, 7) is 1.76. The summed E-state index contributed by atoms with van der Waals surface area (Å²) >= 11 is 3.97. The van der Waals surface area contributed by atoms with E-state index in [1.807, 2.05) is 0 Å². The van der Waals surface area contributed by atoms with E-state index in [1.165, 1.54) is 0 Å². The fraction of sp³-hybridized carbons (Fsp3) is 0.444. The Hall–Kier alpha value is 1.49. The molecule has 0 aliphatic heterocycles. The first-order valence-corrected chi connectivity index (χ1v) is 8.20. The van der Waals surface area contributed by atoms with Crippen LogP contribution in [0.3, 0.4) is 0 Å². The number of esters is 1. The van der Waals surface area contributed by atoms with Gasteiger partial charge in [0.1, 0.15) is 5.69 Å². The fourth-order valence-electron chi connectivity index (χ4n) is 1.17. The number of ether oxygens (including phenoxy) is 1. The molecule has 0 bridgehead atoms. The molecule has 24 heavy (non-hydrogen) atoms. The van der Waals surface area contributed by atoms with E-state index in [4.69, 9.17) is 4.74 Å². The summed E-state index contributed by atoms with van der Waals surface area (Å²) < 4.78 is 13.4. The van der Waals surface area contributed by atoms with Gasteiger partial charge < -0.3 is 15.3 Å². The molecular weight excluding hydrogens is 454 g/mol. The zero-order valence-electron chi connectivity index (χ0n) is 13.0. The van der Waals surface area contributed by atoms with Crippen LogP contribution in [0.5, 0.6) is 5.88 Å². The van der Waals surface area contributed by atoms with Gasteiger partial charge in [-0.3, -0.25) is 14.9 Å². The number of rotatable bonds is 10. The molecule has 0 aliphatic carbocycles. The van der Waals surface area contributed by atoms with E-state index >= 15 is 0 Å². The molecule has 124 valence electrons. The second-order valence-corrected chi connectivity index (χ2v) is 5.46. The molecular formula is C9H9BrN2Na2O8S2. The summed E-state index contributed by atoms with van der Waals surface area (Å²) in [5.41, 5.74) is 0.340. The number of aromatic nitrogens is 2. The molecule has 0 fully saturated rings. The third kappa shape index (κ3) is 9.99. The van der Waals surface area contributed by atoms with Gasteiger partial charge in [0.2, 0.25) is 5.88 Å². The Labute approximate surface area is 198 Å². The van der Waals surface area contributed by atoms with Gasteiger partial charge >= 0.3 is 65.1 Å². The smallest absolute Gasteiger partial charge is 0.691 e. The summed E-state index contributed by atoms with van der Waals surface area (Å²) in [5.74, 6) is -0.560. The van der Waals surface area contributed by atoms with E-state index in [-0.39, 0.29) is 81.5 Å². The summed E-state index contributed by atoms with van der Waals surface area (Å²) in [6, 6.07) is 0. The van der Waals surface area contributed by atoms with Crippen LogP contribution >= 0.6 is 40.0 Å². The number of halogens is 1. The van der Waals surface area contributed by atoms with Crippen molar-refractivity contribution in [3.8, 4) is 5.88 Å². The van der Waals surface area contributed by atoms with E-state index in [1.54, 1.807) is 6.92 Å². The molecule has 0 spiro atoms. The normalized spacial score (nSPS) is 9.83. The van der Waals surface area contributed by atoms with Crippen molar-refractivity contribution in [2.45, 2.75) is 29.8 Å². The molecule has 15 heteroatoms. The molecule has 0 atom stereocenters. The SMILES string of the molecule is CCc1nc(SOO[O-])c(SOO[O-])nc1OC(=O)CCBr.[Na+].[Na+]. The summed E-state index contributed by atoms with van der Waals surface area (Å²) in [4.78, 5) is 19.6. The van der Waals surface area contributed by atoms with Crippen LogP contribution in [-0.2, 0) is 30.0 Å². The molecule has 0 aromatic carbocycles. The maximum atomic E-state index is 11.5. The average molecular weight is 463 g/mol. The van der Waals surface area contributed by atoms with Crippen molar-refractivity contribution in [3.63, 3.8) is 0 Å². The number of hydrogen-bond donors (Lipinski definition) is 0. The van der Waals surface area contributed by atoms with Crippen molar-refractivity contribution in [2.24, 2.45) is 0 Å². The van der Waals surface area contributed by atoms with Crippen LogP contribution < -0.4 is 74.4 Å². The van der Waals surface area contributed by atoms with E-state index in [9.17, 15) is 15.3 Å². The molecule has 10 nitrogen and oxygen atoms in total. The van der Waals surface area contributed by atoms with Gasteiger partial charge in [-0.25, -0.2) is 4.98 Å². The van der Waals surface area contributed by atoms with Gasteiger partial charge in [-0.15, -0.1) is 0 Å². The zero-order chi connectivity index (χ0) is 16.4. The second kappa shape index (κ2) is 16.6. The van der Waals surface area contributed by atoms with Crippen molar-refractivity contribution >= 4 is 46.0 Å². The van der Waals surface area contributed by atoms with E-state index < -0.39 is 5.97 Å². The van der Waals surface area contributed by atoms with Gasteiger partial charge in [0.05, 0.1) is 30.5 Å². The Balaban J connectivity index is 0. The van der Waals surface area contributed by atoms with Crippen molar-refractivity contribution in [2.75, 3.05) is 5.33 Å². The van der Waals surface area contributed by atoms with Crippen LogP contribution in [0, 0.1) is 0 Å². The Kier molecular flexibility index (Phi) is 19.2. The van der Waals surface area contributed by atoms with Crippen LogP contribution in [0.25, 0.3) is 0 Å². The minimum Gasteiger partial charge on any atom is -0.691 e. The van der Waals surface area contributed by atoms with Crippen molar-refractivity contribution in [1.29, 1.82) is 0 Å². The molecule has 0 radical (unpaired) electrons. The van der Waals surface area contributed by atoms with E-state index in [2.05, 4.69) is 44.6 Å². The van der Waals surface area contributed by atoms with Crippen LogP contribution in [0.2, 0.25) is 0 Å². The number of nitrogens with zero attached hydrogens (tertiary/aromatic N) is 2. The predicted octanol–water partition coefficient (Wildman–Crippen LogP) is -5.80. The molecule has 1 aromatic rings. The maximum Gasteiger partial charge on any atom is 1.00 e. The molecule has 0 unspecified atom stereocenters. The first-order valence-electron chi connectivity index (χ1n) is 5.60. The number of alkyl halides is 1. The first kappa shape index (κ1) is 27.7. The monoisotopic (exact) mass is 462 g/mol. The Morgan fingerprint density at radius 3 is 2.12 bits per heavy atom. The minimum atomic E-state index is -0.516. The molecule has 0 saturated heterocycles. The Morgan fingerprint density at radius 1 is 1.12 bits per heavy atom. The summed E-state index contributed by atoms with van der Waals surface area (Å²) in [7, 11) is 0. The maximum absolute atomic E-state index is 11.5. The second-order valence-electron chi connectivity index (χ2n) is 3.29. The number of carbonyl (C=O) groups excluding carboxylic acids is 1. The van der Waals surface area contributed by atoms with Gasteiger partial charge in [-0.1, -0.05) is 22.9 Å². The van der Waals surface area contributed by atoms with Crippen molar-refractivity contribution in [1.82, 2.24) is 9.97 Å². The van der Waals surface area contributed by atoms with Crippen molar-refractivity contribution in [3.05, 3.63) is 5.69 Å². The van der Waals surface area contributed by atoms with Gasteiger partial charge in [0.25, 0.3) is 0 Å². The van der Waals surface area contributed by atoms with Crippen LogP contribution in [-0.4, -0.2) is 21.3 Å². The van der Waals surface area contributed by atoms with Gasteiger partial charge in [0.15, 0.2) is 10.1 Å². The van der Waals surface area contributed by atoms with Crippen LogP contribution in [0.4, 0.5) is 0 Å². The number of hydrogen-bond acceptors (Lipinski definition) is 12.